The third-order valence-electron chi connectivity index (χ3n) is 4.23. The molecule has 0 atom stereocenters. The predicted octanol–water partition coefficient (Wildman–Crippen LogP) is 0.648. The lowest BCUT2D eigenvalue weighted by atomic mass is 9.80. The Morgan fingerprint density at radius 3 is 2.48 bits per heavy atom. The van der Waals surface area contributed by atoms with E-state index in [0.29, 0.717) is 37.3 Å². The summed E-state index contributed by atoms with van der Waals surface area (Å²) in [6.45, 7) is 4.51. The van der Waals surface area contributed by atoms with Crippen LogP contribution in [0.25, 0.3) is 0 Å². The number of hydrogen-bond acceptors (Lipinski definition) is 4. The van der Waals surface area contributed by atoms with E-state index in [9.17, 15) is 14.7 Å². The fraction of sp³-hybridized carbons (Fsp3) is 0.643. The van der Waals surface area contributed by atoms with E-state index in [0.717, 1.165) is 5.69 Å². The Morgan fingerprint density at radius 2 is 2.00 bits per heavy atom. The first-order valence-corrected chi connectivity index (χ1v) is 6.97. The largest absolute Gasteiger partial charge is 0.481 e. The van der Waals surface area contributed by atoms with Crippen LogP contribution in [0.3, 0.4) is 0 Å². The summed E-state index contributed by atoms with van der Waals surface area (Å²) in [6, 6.07) is 0. The van der Waals surface area contributed by atoms with Crippen molar-refractivity contribution in [2.75, 3.05) is 19.8 Å². The van der Waals surface area contributed by atoms with Gasteiger partial charge >= 0.3 is 5.97 Å². The van der Waals surface area contributed by atoms with Crippen LogP contribution in [-0.2, 0) is 16.6 Å². The normalized spacial score (nSPS) is 17.5. The number of amides is 1. The number of carboxylic acids is 1. The molecule has 0 saturated carbocycles. The quantitative estimate of drug-likeness (QED) is 0.850. The molecule has 1 aliphatic heterocycles. The number of nitrogens with one attached hydrogen (secondary N) is 1. The van der Waals surface area contributed by atoms with Gasteiger partial charge in [-0.25, -0.2) is 0 Å². The molecule has 7 nitrogen and oxygen atoms in total. The highest BCUT2D eigenvalue weighted by atomic mass is 16.5. The summed E-state index contributed by atoms with van der Waals surface area (Å²) in [6.07, 6.45) is 0.821. The summed E-state index contributed by atoms with van der Waals surface area (Å²) in [5.74, 6) is -1.16. The zero-order chi connectivity index (χ0) is 15.6. The molecule has 0 unspecified atom stereocenters. The second-order valence-corrected chi connectivity index (χ2v) is 5.55. The van der Waals surface area contributed by atoms with Crippen molar-refractivity contribution in [2.45, 2.75) is 26.7 Å². The maximum atomic E-state index is 12.3. The highest BCUT2D eigenvalue weighted by Gasteiger charge is 2.40. The Hall–Kier alpha value is -1.89. The topological polar surface area (TPSA) is 93.5 Å². The minimum Gasteiger partial charge on any atom is -0.481 e. The van der Waals surface area contributed by atoms with Crippen LogP contribution in [-0.4, -0.2) is 46.5 Å². The van der Waals surface area contributed by atoms with Crippen molar-refractivity contribution in [3.63, 3.8) is 0 Å². The van der Waals surface area contributed by atoms with Gasteiger partial charge in [-0.15, -0.1) is 0 Å². The van der Waals surface area contributed by atoms with E-state index in [2.05, 4.69) is 10.4 Å². The van der Waals surface area contributed by atoms with Gasteiger partial charge in [-0.2, -0.15) is 5.10 Å². The maximum Gasteiger partial charge on any atom is 0.311 e. The molecule has 1 fully saturated rings. The SMILES string of the molecule is Cc1nn(C)c(C)c1C(=O)NCC1(C(=O)O)CCOCC1. The van der Waals surface area contributed by atoms with Crippen molar-refractivity contribution in [1.29, 1.82) is 0 Å². The van der Waals surface area contributed by atoms with Gasteiger partial charge in [-0.1, -0.05) is 0 Å². The van der Waals surface area contributed by atoms with Gasteiger partial charge in [0.2, 0.25) is 0 Å². The summed E-state index contributed by atoms with van der Waals surface area (Å²) in [5.41, 5.74) is 0.994. The molecule has 2 N–H and O–H groups in total. The highest BCUT2D eigenvalue weighted by molar-refractivity contribution is 5.96. The average molecular weight is 295 g/mol. The average Bonchev–Trinajstić information content (AvgIpc) is 2.70. The van der Waals surface area contributed by atoms with Gasteiger partial charge in [0, 0.05) is 32.5 Å². The van der Waals surface area contributed by atoms with Crippen LogP contribution in [0.1, 0.15) is 34.6 Å². The lowest BCUT2D eigenvalue weighted by Crippen LogP contribution is -2.46. The Kier molecular flexibility index (Phi) is 4.32. The number of nitrogens with zero attached hydrogens (tertiary/aromatic N) is 2. The van der Waals surface area contributed by atoms with Crippen LogP contribution >= 0.6 is 0 Å². The molecule has 1 aliphatic rings. The van der Waals surface area contributed by atoms with Crippen molar-refractivity contribution in [1.82, 2.24) is 15.1 Å². The number of carbonyl (C=O) groups is 2. The third kappa shape index (κ3) is 2.92. The number of aliphatic carboxylic acids is 1. The van der Waals surface area contributed by atoms with Crippen molar-refractivity contribution >= 4 is 11.9 Å². The van der Waals surface area contributed by atoms with Crippen molar-refractivity contribution < 1.29 is 19.4 Å². The standard InChI is InChI=1S/C14H21N3O4/c1-9-11(10(2)17(3)16-9)12(18)15-8-14(13(19)20)4-6-21-7-5-14/h4-8H2,1-3H3,(H,15,18)(H,19,20). The molecule has 21 heavy (non-hydrogen) atoms. The molecule has 2 rings (SSSR count). The molecular formula is C14H21N3O4. The number of hydrogen-bond donors (Lipinski definition) is 2. The summed E-state index contributed by atoms with van der Waals surface area (Å²) in [4.78, 5) is 23.9. The Morgan fingerprint density at radius 1 is 1.38 bits per heavy atom. The molecule has 2 heterocycles. The van der Waals surface area contributed by atoms with Crippen LogP contribution < -0.4 is 5.32 Å². The summed E-state index contributed by atoms with van der Waals surface area (Å²) < 4.78 is 6.86. The number of aryl methyl sites for hydroxylation is 2. The number of rotatable bonds is 4. The molecule has 7 heteroatoms. The summed E-state index contributed by atoms with van der Waals surface area (Å²) in [7, 11) is 1.77. The maximum absolute atomic E-state index is 12.3. The zero-order valence-corrected chi connectivity index (χ0v) is 12.6. The number of carboxylic acid groups (broad SMARTS) is 1. The van der Waals surface area contributed by atoms with Gasteiger partial charge in [0.25, 0.3) is 5.91 Å². The van der Waals surface area contributed by atoms with Crippen LogP contribution in [0.4, 0.5) is 0 Å². The van der Waals surface area contributed by atoms with E-state index >= 15 is 0 Å². The van der Waals surface area contributed by atoms with Crippen LogP contribution in [0.15, 0.2) is 0 Å². The third-order valence-corrected chi connectivity index (χ3v) is 4.23. The summed E-state index contributed by atoms with van der Waals surface area (Å²) >= 11 is 0. The number of ether oxygens (including phenoxy) is 1. The van der Waals surface area contributed by atoms with Crippen LogP contribution in [0.5, 0.6) is 0 Å². The van der Waals surface area contributed by atoms with Gasteiger partial charge in [-0.3, -0.25) is 14.3 Å². The molecule has 0 aliphatic carbocycles. The second kappa shape index (κ2) is 5.85. The Bertz CT molecular complexity index is 559. The van der Waals surface area contributed by atoms with E-state index in [4.69, 9.17) is 4.74 Å². The van der Waals surface area contributed by atoms with Gasteiger partial charge < -0.3 is 15.2 Å². The van der Waals surface area contributed by atoms with Gasteiger partial charge in [0.1, 0.15) is 0 Å². The van der Waals surface area contributed by atoms with E-state index in [1.54, 1.807) is 18.7 Å². The molecule has 1 aromatic rings. The van der Waals surface area contributed by atoms with Crippen molar-refractivity contribution in [3.8, 4) is 0 Å². The van der Waals surface area contributed by atoms with Gasteiger partial charge in [0.05, 0.1) is 16.7 Å². The van der Waals surface area contributed by atoms with Crippen LogP contribution in [0.2, 0.25) is 0 Å². The number of carbonyl (C=O) groups excluding carboxylic acids is 1. The zero-order valence-electron chi connectivity index (χ0n) is 12.6. The molecule has 1 amide bonds. The fourth-order valence-electron chi connectivity index (χ4n) is 2.67. The first-order valence-electron chi connectivity index (χ1n) is 6.97. The van der Waals surface area contributed by atoms with E-state index in [-0.39, 0.29) is 12.5 Å². The summed E-state index contributed by atoms with van der Waals surface area (Å²) in [5, 5.41) is 16.4. The second-order valence-electron chi connectivity index (χ2n) is 5.55. The predicted molar refractivity (Wildman–Crippen MR) is 75.1 cm³/mol. The van der Waals surface area contributed by atoms with Gasteiger partial charge in [0.15, 0.2) is 0 Å². The van der Waals surface area contributed by atoms with Crippen molar-refractivity contribution in [3.05, 3.63) is 17.0 Å². The van der Waals surface area contributed by atoms with Gasteiger partial charge in [-0.05, 0) is 26.7 Å². The molecule has 0 radical (unpaired) electrons. The van der Waals surface area contributed by atoms with E-state index in [1.807, 2.05) is 6.92 Å². The molecule has 1 saturated heterocycles. The van der Waals surface area contributed by atoms with E-state index in [1.165, 1.54) is 0 Å². The lowest BCUT2D eigenvalue weighted by molar-refractivity contribution is -0.154. The van der Waals surface area contributed by atoms with Crippen molar-refractivity contribution in [2.24, 2.45) is 12.5 Å². The fourth-order valence-corrected chi connectivity index (χ4v) is 2.67. The lowest BCUT2D eigenvalue weighted by Gasteiger charge is -2.33. The molecule has 116 valence electrons. The monoisotopic (exact) mass is 295 g/mol. The molecule has 0 bridgehead atoms. The minimum absolute atomic E-state index is 0.109. The highest BCUT2D eigenvalue weighted by Crippen LogP contribution is 2.30. The van der Waals surface area contributed by atoms with E-state index < -0.39 is 11.4 Å². The first kappa shape index (κ1) is 15.5. The minimum atomic E-state index is -0.933. The molecule has 0 spiro atoms. The number of aromatic nitrogens is 2. The smallest absolute Gasteiger partial charge is 0.311 e. The Labute approximate surface area is 123 Å². The molecular weight excluding hydrogens is 274 g/mol. The van der Waals surface area contributed by atoms with Crippen LogP contribution in [0, 0.1) is 19.3 Å². The Balaban J connectivity index is 2.10. The first-order chi connectivity index (χ1) is 9.87. The molecule has 0 aromatic carbocycles. The molecule has 1 aromatic heterocycles.